The van der Waals surface area contributed by atoms with Crippen molar-refractivity contribution in [1.29, 1.82) is 0 Å². The van der Waals surface area contributed by atoms with Crippen LogP contribution in [0, 0.1) is 5.95 Å². The zero-order chi connectivity index (χ0) is 14.4. The minimum Gasteiger partial charge on any atom is -0.465 e. The summed E-state index contributed by atoms with van der Waals surface area (Å²) in [6, 6.07) is 10.6. The molecule has 0 spiro atoms. The number of amides is 1. The van der Waals surface area contributed by atoms with Gasteiger partial charge in [-0.1, -0.05) is 30.3 Å². The normalized spacial score (nSPS) is 10.7. The molecule has 0 fully saturated rings. The molecule has 0 saturated carbocycles. The Labute approximate surface area is 115 Å². The van der Waals surface area contributed by atoms with Crippen LogP contribution < -0.4 is 5.32 Å². The van der Waals surface area contributed by atoms with E-state index >= 15 is 0 Å². The van der Waals surface area contributed by atoms with Crippen molar-refractivity contribution in [2.75, 3.05) is 0 Å². The number of hydrogen-bond acceptors (Lipinski definition) is 2. The molecule has 0 saturated heterocycles. The molecule has 0 aliphatic rings. The van der Waals surface area contributed by atoms with Crippen molar-refractivity contribution in [3.05, 3.63) is 65.2 Å². The fraction of sp³-hybridized carbons (Fsp3) is 0.0667. The summed E-state index contributed by atoms with van der Waals surface area (Å²) in [5.41, 5.74) is 2.17. The third kappa shape index (κ3) is 3.91. The van der Waals surface area contributed by atoms with E-state index in [-0.39, 0.29) is 6.54 Å². The largest absolute Gasteiger partial charge is 0.465 e. The van der Waals surface area contributed by atoms with E-state index in [0.717, 1.165) is 11.1 Å². The van der Waals surface area contributed by atoms with Crippen molar-refractivity contribution in [2.24, 2.45) is 0 Å². The number of carbonyl (C=O) groups is 1. The second kappa shape index (κ2) is 6.47. The first kappa shape index (κ1) is 13.7. The van der Waals surface area contributed by atoms with Gasteiger partial charge in [-0.2, -0.15) is 4.39 Å². The SMILES string of the molecule is O=C(O)NCc1ccc(/C=C/c2cccnc2F)cc1. The van der Waals surface area contributed by atoms with E-state index in [1.807, 2.05) is 24.3 Å². The standard InChI is InChI=1S/C15H13FN2O2/c16-14-13(2-1-9-17-14)8-7-11-3-5-12(6-4-11)10-18-15(19)20/h1-9,18H,10H2,(H,19,20)/b8-7+. The number of carboxylic acid groups (broad SMARTS) is 1. The monoisotopic (exact) mass is 272 g/mol. The average molecular weight is 272 g/mol. The average Bonchev–Trinajstić information content (AvgIpc) is 2.45. The van der Waals surface area contributed by atoms with Crippen LogP contribution in [0.1, 0.15) is 16.7 Å². The van der Waals surface area contributed by atoms with Gasteiger partial charge in [-0.3, -0.25) is 0 Å². The lowest BCUT2D eigenvalue weighted by Crippen LogP contribution is -2.19. The lowest BCUT2D eigenvalue weighted by molar-refractivity contribution is 0.194. The van der Waals surface area contributed by atoms with Crippen molar-refractivity contribution in [3.63, 3.8) is 0 Å². The Kier molecular flexibility index (Phi) is 4.44. The number of nitrogens with one attached hydrogen (secondary N) is 1. The van der Waals surface area contributed by atoms with Gasteiger partial charge in [0.1, 0.15) is 0 Å². The first-order chi connectivity index (χ1) is 9.65. The zero-order valence-electron chi connectivity index (χ0n) is 10.6. The summed E-state index contributed by atoms with van der Waals surface area (Å²) >= 11 is 0. The van der Waals surface area contributed by atoms with Gasteiger partial charge in [0.15, 0.2) is 0 Å². The second-order valence-corrected chi connectivity index (χ2v) is 4.12. The molecule has 1 heterocycles. The fourth-order valence-corrected chi connectivity index (χ4v) is 1.63. The van der Waals surface area contributed by atoms with Crippen LogP contribution in [-0.4, -0.2) is 16.2 Å². The Morgan fingerprint density at radius 3 is 2.65 bits per heavy atom. The van der Waals surface area contributed by atoms with E-state index in [1.165, 1.54) is 6.20 Å². The van der Waals surface area contributed by atoms with Gasteiger partial charge < -0.3 is 10.4 Å². The van der Waals surface area contributed by atoms with Crippen molar-refractivity contribution < 1.29 is 14.3 Å². The highest BCUT2D eigenvalue weighted by Gasteiger charge is 1.98. The molecule has 0 atom stereocenters. The van der Waals surface area contributed by atoms with Gasteiger partial charge in [-0.15, -0.1) is 0 Å². The Morgan fingerprint density at radius 1 is 1.25 bits per heavy atom. The molecule has 2 N–H and O–H groups in total. The first-order valence-electron chi connectivity index (χ1n) is 5.99. The maximum atomic E-state index is 13.3. The number of halogens is 1. The summed E-state index contributed by atoms with van der Waals surface area (Å²) in [5, 5.41) is 10.8. The lowest BCUT2D eigenvalue weighted by atomic mass is 10.1. The van der Waals surface area contributed by atoms with Crippen LogP contribution in [0.5, 0.6) is 0 Å². The van der Waals surface area contributed by atoms with Gasteiger partial charge in [0.05, 0.1) is 0 Å². The van der Waals surface area contributed by atoms with Gasteiger partial charge in [-0.25, -0.2) is 9.78 Å². The highest BCUT2D eigenvalue weighted by molar-refractivity contribution is 5.69. The number of hydrogen-bond donors (Lipinski definition) is 2. The lowest BCUT2D eigenvalue weighted by Gasteiger charge is -2.01. The van der Waals surface area contributed by atoms with Crippen LogP contribution in [0.3, 0.4) is 0 Å². The van der Waals surface area contributed by atoms with Crippen LogP contribution >= 0.6 is 0 Å². The zero-order valence-corrected chi connectivity index (χ0v) is 10.6. The summed E-state index contributed by atoms with van der Waals surface area (Å²) in [6.45, 7) is 0.260. The van der Waals surface area contributed by atoms with E-state index in [0.29, 0.717) is 5.56 Å². The third-order valence-corrected chi connectivity index (χ3v) is 2.67. The van der Waals surface area contributed by atoms with Gasteiger partial charge in [0.2, 0.25) is 5.95 Å². The number of pyridine rings is 1. The van der Waals surface area contributed by atoms with E-state index in [9.17, 15) is 9.18 Å². The minimum absolute atomic E-state index is 0.260. The molecular formula is C15H13FN2O2. The summed E-state index contributed by atoms with van der Waals surface area (Å²) in [4.78, 5) is 13.9. The molecule has 0 unspecified atom stereocenters. The molecule has 102 valence electrons. The number of benzene rings is 1. The van der Waals surface area contributed by atoms with Crippen molar-refractivity contribution in [1.82, 2.24) is 10.3 Å². The predicted molar refractivity (Wildman–Crippen MR) is 74.4 cm³/mol. The quantitative estimate of drug-likeness (QED) is 0.840. The highest BCUT2D eigenvalue weighted by Crippen LogP contribution is 2.11. The van der Waals surface area contributed by atoms with E-state index < -0.39 is 12.0 Å². The number of rotatable bonds is 4. The molecule has 2 aromatic rings. The summed E-state index contributed by atoms with van der Waals surface area (Å²) < 4.78 is 13.3. The van der Waals surface area contributed by atoms with Crippen LogP contribution in [0.15, 0.2) is 42.6 Å². The van der Waals surface area contributed by atoms with Crippen LogP contribution in [0.2, 0.25) is 0 Å². The van der Waals surface area contributed by atoms with E-state index in [2.05, 4.69) is 10.3 Å². The molecule has 1 aromatic heterocycles. The molecule has 5 heteroatoms. The molecular weight excluding hydrogens is 259 g/mol. The van der Waals surface area contributed by atoms with Gasteiger partial charge in [0.25, 0.3) is 0 Å². The number of aromatic nitrogens is 1. The smallest absolute Gasteiger partial charge is 0.404 e. The number of nitrogens with zero attached hydrogens (tertiary/aromatic N) is 1. The molecule has 1 aromatic carbocycles. The molecule has 1 amide bonds. The Bertz CT molecular complexity index is 624. The van der Waals surface area contributed by atoms with Crippen LogP contribution in [0.25, 0.3) is 12.2 Å². The summed E-state index contributed by atoms with van der Waals surface area (Å²) in [6.07, 6.45) is 3.76. The molecule has 20 heavy (non-hydrogen) atoms. The van der Waals surface area contributed by atoms with Gasteiger partial charge in [0, 0.05) is 18.3 Å². The van der Waals surface area contributed by atoms with Gasteiger partial charge >= 0.3 is 6.09 Å². The molecule has 0 aliphatic carbocycles. The summed E-state index contributed by atoms with van der Waals surface area (Å²) in [7, 11) is 0. The summed E-state index contributed by atoms with van der Waals surface area (Å²) in [5.74, 6) is -0.508. The molecule has 4 nitrogen and oxygen atoms in total. The molecule has 0 aliphatic heterocycles. The van der Waals surface area contributed by atoms with Gasteiger partial charge in [-0.05, 0) is 29.3 Å². The Hall–Kier alpha value is -2.69. The van der Waals surface area contributed by atoms with E-state index in [1.54, 1.807) is 24.3 Å². The minimum atomic E-state index is -1.05. The highest BCUT2D eigenvalue weighted by atomic mass is 19.1. The van der Waals surface area contributed by atoms with Crippen LogP contribution in [-0.2, 0) is 6.54 Å². The van der Waals surface area contributed by atoms with Crippen molar-refractivity contribution >= 4 is 18.2 Å². The van der Waals surface area contributed by atoms with Crippen LogP contribution in [0.4, 0.5) is 9.18 Å². The Morgan fingerprint density at radius 2 is 2.00 bits per heavy atom. The maximum Gasteiger partial charge on any atom is 0.404 e. The predicted octanol–water partition coefficient (Wildman–Crippen LogP) is 3.16. The third-order valence-electron chi connectivity index (χ3n) is 2.67. The van der Waals surface area contributed by atoms with E-state index in [4.69, 9.17) is 5.11 Å². The van der Waals surface area contributed by atoms with Crippen molar-refractivity contribution in [3.8, 4) is 0 Å². The second-order valence-electron chi connectivity index (χ2n) is 4.12. The Balaban J connectivity index is 2.04. The molecule has 2 rings (SSSR count). The molecule has 0 radical (unpaired) electrons. The maximum absolute atomic E-state index is 13.3. The molecule has 0 bridgehead atoms. The fourth-order valence-electron chi connectivity index (χ4n) is 1.63. The first-order valence-corrected chi connectivity index (χ1v) is 5.99. The van der Waals surface area contributed by atoms with Crippen molar-refractivity contribution in [2.45, 2.75) is 6.54 Å². The topological polar surface area (TPSA) is 62.2 Å².